The Morgan fingerprint density at radius 2 is 2.05 bits per heavy atom. The number of amides is 2. The fourth-order valence-electron chi connectivity index (χ4n) is 1.99. The molecule has 0 aliphatic carbocycles. The smallest absolute Gasteiger partial charge is 0.242 e. The Morgan fingerprint density at radius 3 is 2.71 bits per heavy atom. The first-order chi connectivity index (χ1) is 9.97. The zero-order chi connectivity index (χ0) is 15.4. The van der Waals surface area contributed by atoms with Crippen molar-refractivity contribution in [2.75, 3.05) is 6.54 Å². The Bertz CT molecular complexity index is 620. The normalized spacial score (nSPS) is 13.7. The third-order valence-corrected chi connectivity index (χ3v) is 4.27. The number of benzene rings is 1. The fourth-order valence-corrected chi connectivity index (χ4v) is 3.04. The van der Waals surface area contributed by atoms with E-state index in [4.69, 9.17) is 0 Å². The lowest BCUT2D eigenvalue weighted by Crippen LogP contribution is -2.45. The summed E-state index contributed by atoms with van der Waals surface area (Å²) in [5, 5.41) is 16.4. The third kappa shape index (κ3) is 4.03. The molecule has 2 amide bonds. The number of carbonyl (C=O) groups excluding carboxylic acids is 2. The highest BCUT2D eigenvalue weighted by molar-refractivity contribution is 7.19. The molecule has 1 aromatic carbocycles. The number of rotatable bonds is 5. The first-order valence-electron chi connectivity index (χ1n) is 6.68. The molecule has 112 valence electrons. The van der Waals surface area contributed by atoms with Crippen molar-refractivity contribution in [3.05, 3.63) is 35.2 Å². The van der Waals surface area contributed by atoms with Gasteiger partial charge in [-0.1, -0.05) is 18.2 Å². The summed E-state index contributed by atoms with van der Waals surface area (Å²) in [6.45, 7) is 3.08. The lowest BCUT2D eigenvalue weighted by atomic mass is 10.2. The number of hydrogen-bond donors (Lipinski definition) is 3. The molecule has 2 rings (SSSR count). The van der Waals surface area contributed by atoms with Gasteiger partial charge < -0.3 is 15.7 Å². The zero-order valence-corrected chi connectivity index (χ0v) is 12.7. The number of aliphatic hydroxyl groups excluding tert-OH is 1. The summed E-state index contributed by atoms with van der Waals surface area (Å²) in [6.07, 6.45) is -0.754. The van der Waals surface area contributed by atoms with Crippen LogP contribution in [-0.2, 0) is 9.59 Å². The molecule has 0 spiro atoms. The van der Waals surface area contributed by atoms with Crippen LogP contribution in [0.25, 0.3) is 10.1 Å². The number of thiophene rings is 1. The van der Waals surface area contributed by atoms with E-state index in [2.05, 4.69) is 10.6 Å². The molecule has 1 aromatic heterocycles. The summed E-state index contributed by atoms with van der Waals surface area (Å²) in [6, 6.07) is 9.19. The molecule has 2 aromatic rings. The van der Waals surface area contributed by atoms with Crippen molar-refractivity contribution in [3.63, 3.8) is 0 Å². The number of carbonyl (C=O) groups is 2. The first-order valence-corrected chi connectivity index (χ1v) is 7.50. The Labute approximate surface area is 127 Å². The minimum Gasteiger partial charge on any atom is -0.386 e. The van der Waals surface area contributed by atoms with E-state index in [0.29, 0.717) is 0 Å². The van der Waals surface area contributed by atoms with Crippen LogP contribution in [0.1, 0.15) is 24.8 Å². The largest absolute Gasteiger partial charge is 0.386 e. The molecule has 0 saturated carbocycles. The predicted molar refractivity (Wildman–Crippen MR) is 83.1 cm³/mol. The molecule has 2 unspecified atom stereocenters. The summed E-state index contributed by atoms with van der Waals surface area (Å²) in [4.78, 5) is 23.4. The van der Waals surface area contributed by atoms with E-state index in [9.17, 15) is 14.7 Å². The Morgan fingerprint density at radius 1 is 1.33 bits per heavy atom. The Hall–Kier alpha value is -1.92. The fraction of sp³-hybridized carbons (Fsp3) is 0.333. The second-order valence-electron chi connectivity index (χ2n) is 4.87. The van der Waals surface area contributed by atoms with Gasteiger partial charge in [-0.3, -0.25) is 9.59 Å². The molecule has 0 radical (unpaired) electrons. The molecule has 1 heterocycles. The van der Waals surface area contributed by atoms with Crippen LogP contribution in [-0.4, -0.2) is 29.5 Å². The van der Waals surface area contributed by atoms with Crippen molar-refractivity contribution >= 4 is 33.2 Å². The molecule has 0 fully saturated rings. The SMILES string of the molecule is CC(=O)NC(C)C(=O)NCC(O)c1cc2ccccc2s1. The highest BCUT2D eigenvalue weighted by atomic mass is 32.1. The van der Waals surface area contributed by atoms with Gasteiger partial charge in [-0.15, -0.1) is 11.3 Å². The third-order valence-electron chi connectivity index (χ3n) is 3.06. The van der Waals surface area contributed by atoms with Crippen LogP contribution in [0, 0.1) is 0 Å². The average molecular weight is 306 g/mol. The molecule has 0 aliphatic rings. The van der Waals surface area contributed by atoms with Gasteiger partial charge in [-0.2, -0.15) is 0 Å². The summed E-state index contributed by atoms with van der Waals surface area (Å²) in [5.41, 5.74) is 0. The summed E-state index contributed by atoms with van der Waals surface area (Å²) in [7, 11) is 0. The monoisotopic (exact) mass is 306 g/mol. The number of fused-ring (bicyclic) bond motifs is 1. The van der Waals surface area contributed by atoms with Crippen LogP contribution >= 0.6 is 11.3 Å². The molecular weight excluding hydrogens is 288 g/mol. The minimum atomic E-state index is -0.754. The van der Waals surface area contributed by atoms with Gasteiger partial charge in [0, 0.05) is 23.0 Å². The van der Waals surface area contributed by atoms with Crippen LogP contribution in [0.3, 0.4) is 0 Å². The van der Waals surface area contributed by atoms with Crippen molar-refractivity contribution in [3.8, 4) is 0 Å². The topological polar surface area (TPSA) is 78.4 Å². The Balaban J connectivity index is 1.93. The van der Waals surface area contributed by atoms with Gasteiger partial charge in [-0.05, 0) is 24.4 Å². The van der Waals surface area contributed by atoms with Gasteiger partial charge in [0.2, 0.25) is 11.8 Å². The van der Waals surface area contributed by atoms with Crippen LogP contribution in [0.2, 0.25) is 0 Å². The summed E-state index contributed by atoms with van der Waals surface area (Å²) >= 11 is 1.51. The van der Waals surface area contributed by atoms with Gasteiger partial charge in [0.25, 0.3) is 0 Å². The highest BCUT2D eigenvalue weighted by Gasteiger charge is 2.16. The molecule has 5 nitrogen and oxygen atoms in total. The quantitative estimate of drug-likeness (QED) is 0.784. The lowest BCUT2D eigenvalue weighted by Gasteiger charge is -2.14. The molecule has 3 N–H and O–H groups in total. The number of hydrogen-bond acceptors (Lipinski definition) is 4. The predicted octanol–water partition coefficient (Wildman–Crippen LogP) is 1.58. The van der Waals surface area contributed by atoms with Gasteiger partial charge in [0.15, 0.2) is 0 Å². The Kier molecular flexibility index (Phi) is 4.93. The van der Waals surface area contributed by atoms with Gasteiger partial charge in [-0.25, -0.2) is 0 Å². The molecular formula is C15H18N2O3S. The van der Waals surface area contributed by atoms with Crippen LogP contribution in [0.4, 0.5) is 0 Å². The maximum atomic E-state index is 11.8. The molecule has 6 heteroatoms. The number of nitrogens with one attached hydrogen (secondary N) is 2. The van der Waals surface area contributed by atoms with Crippen molar-refractivity contribution < 1.29 is 14.7 Å². The van der Waals surface area contributed by atoms with Crippen LogP contribution in [0.5, 0.6) is 0 Å². The van der Waals surface area contributed by atoms with Crippen LogP contribution < -0.4 is 10.6 Å². The standard InChI is InChI=1S/C15H18N2O3S/c1-9(17-10(2)18)15(20)16-8-12(19)14-7-11-5-3-4-6-13(11)21-14/h3-7,9,12,19H,8H2,1-2H3,(H,16,20)(H,17,18). The second kappa shape index (κ2) is 6.69. The minimum absolute atomic E-state index is 0.121. The first kappa shape index (κ1) is 15.5. The number of aliphatic hydroxyl groups is 1. The van der Waals surface area contributed by atoms with E-state index in [1.807, 2.05) is 30.3 Å². The second-order valence-corrected chi connectivity index (χ2v) is 5.99. The summed E-state index contributed by atoms with van der Waals surface area (Å²) < 4.78 is 1.10. The van der Waals surface area contributed by atoms with E-state index in [0.717, 1.165) is 15.0 Å². The maximum Gasteiger partial charge on any atom is 0.242 e. The average Bonchev–Trinajstić information content (AvgIpc) is 2.87. The maximum absolute atomic E-state index is 11.8. The van der Waals surface area contributed by atoms with Crippen molar-refractivity contribution in [2.45, 2.75) is 26.0 Å². The molecule has 2 atom stereocenters. The molecule has 0 saturated heterocycles. The van der Waals surface area contributed by atoms with E-state index >= 15 is 0 Å². The van der Waals surface area contributed by atoms with Crippen molar-refractivity contribution in [1.29, 1.82) is 0 Å². The molecule has 0 bridgehead atoms. The van der Waals surface area contributed by atoms with E-state index in [1.165, 1.54) is 18.3 Å². The van der Waals surface area contributed by atoms with Crippen LogP contribution in [0.15, 0.2) is 30.3 Å². The van der Waals surface area contributed by atoms with Gasteiger partial charge in [0.1, 0.15) is 12.1 Å². The van der Waals surface area contributed by atoms with E-state index < -0.39 is 12.1 Å². The van der Waals surface area contributed by atoms with Gasteiger partial charge in [0.05, 0.1) is 0 Å². The molecule has 0 aliphatic heterocycles. The van der Waals surface area contributed by atoms with E-state index in [1.54, 1.807) is 6.92 Å². The van der Waals surface area contributed by atoms with E-state index in [-0.39, 0.29) is 18.4 Å². The van der Waals surface area contributed by atoms with Gasteiger partial charge >= 0.3 is 0 Å². The molecule has 21 heavy (non-hydrogen) atoms. The highest BCUT2D eigenvalue weighted by Crippen LogP contribution is 2.29. The summed E-state index contributed by atoms with van der Waals surface area (Å²) in [5.74, 6) is -0.576. The lowest BCUT2D eigenvalue weighted by molar-refractivity contribution is -0.127. The van der Waals surface area contributed by atoms with Crippen molar-refractivity contribution in [1.82, 2.24) is 10.6 Å². The zero-order valence-electron chi connectivity index (χ0n) is 11.9. The van der Waals surface area contributed by atoms with Crippen molar-refractivity contribution in [2.24, 2.45) is 0 Å².